The molecule has 0 unspecified atom stereocenters. The van der Waals surface area contributed by atoms with Crippen LogP contribution in [0.15, 0.2) is 57.5 Å². The van der Waals surface area contributed by atoms with Crippen molar-refractivity contribution in [1.82, 2.24) is 14.4 Å². The van der Waals surface area contributed by atoms with Crippen LogP contribution in [0.25, 0.3) is 11.4 Å². The van der Waals surface area contributed by atoms with E-state index in [1.807, 2.05) is 24.3 Å². The Hall–Kier alpha value is -2.10. The monoisotopic (exact) mass is 439 g/mol. The fourth-order valence-corrected chi connectivity index (χ4v) is 3.79. The standard InChI is InChI=1S/C17H15BrFN3O3S/c1-22(26(23,24)11-12-5-7-15(19)8-6-12)10-16-20-17(21-25-16)13-3-2-4-14(18)9-13/h2-9H,10-11H2,1H3. The fraction of sp³-hybridized carbons (Fsp3) is 0.176. The maximum absolute atomic E-state index is 12.9. The Bertz CT molecular complexity index is 1010. The van der Waals surface area contributed by atoms with E-state index in [1.54, 1.807) is 0 Å². The molecule has 6 nitrogen and oxygen atoms in total. The molecule has 0 radical (unpaired) electrons. The number of rotatable bonds is 6. The van der Waals surface area contributed by atoms with Crippen molar-refractivity contribution in [3.63, 3.8) is 0 Å². The molecule has 0 aliphatic rings. The molecular formula is C17H15BrFN3O3S. The van der Waals surface area contributed by atoms with Crippen LogP contribution < -0.4 is 0 Å². The van der Waals surface area contributed by atoms with Crippen LogP contribution in [-0.2, 0) is 22.3 Å². The zero-order valence-electron chi connectivity index (χ0n) is 13.8. The van der Waals surface area contributed by atoms with E-state index >= 15 is 0 Å². The Morgan fingerprint density at radius 3 is 2.62 bits per heavy atom. The second-order valence-corrected chi connectivity index (χ2v) is 8.65. The van der Waals surface area contributed by atoms with Crippen LogP contribution in [0, 0.1) is 5.82 Å². The van der Waals surface area contributed by atoms with Gasteiger partial charge in [-0.2, -0.15) is 9.29 Å². The van der Waals surface area contributed by atoms with Crippen LogP contribution in [0.5, 0.6) is 0 Å². The Balaban J connectivity index is 1.71. The number of hydrogen-bond donors (Lipinski definition) is 0. The summed E-state index contributed by atoms with van der Waals surface area (Å²) in [5.41, 5.74) is 1.25. The first kappa shape index (κ1) is 18.7. The summed E-state index contributed by atoms with van der Waals surface area (Å²) >= 11 is 3.37. The molecule has 3 aromatic rings. The highest BCUT2D eigenvalue weighted by Crippen LogP contribution is 2.21. The average Bonchev–Trinajstić information content (AvgIpc) is 3.05. The van der Waals surface area contributed by atoms with Crippen molar-refractivity contribution in [3.05, 3.63) is 70.3 Å². The van der Waals surface area contributed by atoms with Gasteiger partial charge in [0.15, 0.2) is 0 Å². The maximum atomic E-state index is 12.9. The highest BCUT2D eigenvalue weighted by Gasteiger charge is 2.21. The Kier molecular flexibility index (Phi) is 5.49. The van der Waals surface area contributed by atoms with Gasteiger partial charge in [0, 0.05) is 17.1 Å². The van der Waals surface area contributed by atoms with Crippen molar-refractivity contribution >= 4 is 26.0 Å². The van der Waals surface area contributed by atoms with Crippen LogP contribution in [0.4, 0.5) is 4.39 Å². The summed E-state index contributed by atoms with van der Waals surface area (Å²) in [6, 6.07) is 12.7. The summed E-state index contributed by atoms with van der Waals surface area (Å²) in [5, 5.41) is 3.89. The van der Waals surface area contributed by atoms with Gasteiger partial charge in [-0.15, -0.1) is 0 Å². The van der Waals surface area contributed by atoms with E-state index in [4.69, 9.17) is 4.52 Å². The van der Waals surface area contributed by atoms with Crippen molar-refractivity contribution < 1.29 is 17.3 Å². The SMILES string of the molecule is CN(Cc1nc(-c2cccc(Br)c2)no1)S(=O)(=O)Cc1ccc(F)cc1. The van der Waals surface area contributed by atoms with Crippen molar-refractivity contribution in [2.75, 3.05) is 7.05 Å². The van der Waals surface area contributed by atoms with Gasteiger partial charge in [-0.3, -0.25) is 0 Å². The van der Waals surface area contributed by atoms with Gasteiger partial charge in [-0.1, -0.05) is 45.4 Å². The Morgan fingerprint density at radius 1 is 1.19 bits per heavy atom. The third-order valence-electron chi connectivity index (χ3n) is 3.65. The molecule has 0 bridgehead atoms. The molecule has 0 aliphatic heterocycles. The molecular weight excluding hydrogens is 425 g/mol. The molecule has 0 amide bonds. The van der Waals surface area contributed by atoms with Crippen LogP contribution in [-0.4, -0.2) is 29.9 Å². The van der Waals surface area contributed by atoms with E-state index < -0.39 is 15.8 Å². The summed E-state index contributed by atoms with van der Waals surface area (Å²) in [7, 11) is -2.18. The Labute approximate surface area is 158 Å². The number of halogens is 2. The van der Waals surface area contributed by atoms with Gasteiger partial charge < -0.3 is 4.52 Å². The first-order valence-corrected chi connectivity index (χ1v) is 10.0. The number of hydrogen-bond acceptors (Lipinski definition) is 5. The zero-order chi connectivity index (χ0) is 18.7. The Morgan fingerprint density at radius 2 is 1.92 bits per heavy atom. The molecule has 0 saturated carbocycles. The van der Waals surface area contributed by atoms with Gasteiger partial charge in [0.25, 0.3) is 0 Å². The van der Waals surface area contributed by atoms with Gasteiger partial charge >= 0.3 is 0 Å². The highest BCUT2D eigenvalue weighted by atomic mass is 79.9. The van der Waals surface area contributed by atoms with E-state index in [9.17, 15) is 12.8 Å². The highest BCUT2D eigenvalue weighted by molar-refractivity contribution is 9.10. The average molecular weight is 440 g/mol. The lowest BCUT2D eigenvalue weighted by molar-refractivity contribution is 0.336. The summed E-state index contributed by atoms with van der Waals surface area (Å²) in [5.74, 6) is -0.0858. The minimum Gasteiger partial charge on any atom is -0.338 e. The lowest BCUT2D eigenvalue weighted by Gasteiger charge is -2.15. The quantitative estimate of drug-likeness (QED) is 0.586. The molecule has 2 aromatic carbocycles. The lowest BCUT2D eigenvalue weighted by Crippen LogP contribution is -2.27. The molecule has 136 valence electrons. The third-order valence-corrected chi connectivity index (χ3v) is 5.92. The maximum Gasteiger partial charge on any atom is 0.242 e. The molecule has 3 rings (SSSR count). The molecule has 0 saturated heterocycles. The second kappa shape index (κ2) is 7.65. The molecule has 9 heteroatoms. The van der Waals surface area contributed by atoms with Crippen molar-refractivity contribution in [2.45, 2.75) is 12.3 Å². The van der Waals surface area contributed by atoms with Gasteiger partial charge in [-0.05, 0) is 29.8 Å². The molecule has 0 atom stereocenters. The second-order valence-electron chi connectivity index (χ2n) is 5.66. The van der Waals surface area contributed by atoms with E-state index in [1.165, 1.54) is 31.3 Å². The van der Waals surface area contributed by atoms with E-state index in [0.29, 0.717) is 11.4 Å². The predicted molar refractivity (Wildman–Crippen MR) is 97.9 cm³/mol. The summed E-state index contributed by atoms with van der Waals surface area (Å²) in [6.45, 7) is -0.0511. The van der Waals surface area contributed by atoms with Crippen LogP contribution in [0.3, 0.4) is 0 Å². The molecule has 0 spiro atoms. The van der Waals surface area contributed by atoms with Gasteiger partial charge in [0.05, 0.1) is 12.3 Å². The fourth-order valence-electron chi connectivity index (χ4n) is 2.25. The van der Waals surface area contributed by atoms with Crippen LogP contribution >= 0.6 is 15.9 Å². The smallest absolute Gasteiger partial charge is 0.242 e. The van der Waals surface area contributed by atoms with E-state index in [-0.39, 0.29) is 18.2 Å². The number of sulfonamides is 1. The molecule has 0 N–H and O–H groups in total. The number of nitrogens with zero attached hydrogens (tertiary/aromatic N) is 3. The van der Waals surface area contributed by atoms with Crippen molar-refractivity contribution in [3.8, 4) is 11.4 Å². The largest absolute Gasteiger partial charge is 0.338 e. The van der Waals surface area contributed by atoms with Gasteiger partial charge in [-0.25, -0.2) is 12.8 Å². The number of aromatic nitrogens is 2. The summed E-state index contributed by atoms with van der Waals surface area (Å²) < 4.78 is 45.0. The summed E-state index contributed by atoms with van der Waals surface area (Å²) in [4.78, 5) is 4.24. The van der Waals surface area contributed by atoms with Crippen LogP contribution in [0.2, 0.25) is 0 Å². The minimum absolute atomic E-state index is 0.0511. The van der Waals surface area contributed by atoms with Crippen molar-refractivity contribution in [2.24, 2.45) is 0 Å². The molecule has 1 heterocycles. The molecule has 0 aliphatic carbocycles. The normalized spacial score (nSPS) is 11.8. The zero-order valence-corrected chi connectivity index (χ0v) is 16.2. The van der Waals surface area contributed by atoms with Gasteiger partial charge in [0.1, 0.15) is 5.82 Å². The third kappa shape index (κ3) is 4.54. The molecule has 1 aromatic heterocycles. The lowest BCUT2D eigenvalue weighted by atomic mass is 10.2. The van der Waals surface area contributed by atoms with E-state index in [0.717, 1.165) is 14.3 Å². The minimum atomic E-state index is -3.61. The first-order chi connectivity index (χ1) is 12.3. The number of benzene rings is 2. The van der Waals surface area contributed by atoms with Crippen LogP contribution in [0.1, 0.15) is 11.5 Å². The predicted octanol–water partition coefficient (Wildman–Crippen LogP) is 3.60. The topological polar surface area (TPSA) is 76.3 Å². The molecule has 26 heavy (non-hydrogen) atoms. The molecule has 0 fully saturated rings. The van der Waals surface area contributed by atoms with E-state index in [2.05, 4.69) is 26.1 Å². The van der Waals surface area contributed by atoms with Crippen molar-refractivity contribution in [1.29, 1.82) is 0 Å². The summed E-state index contributed by atoms with van der Waals surface area (Å²) in [6.07, 6.45) is 0. The first-order valence-electron chi connectivity index (χ1n) is 7.60. The van der Waals surface area contributed by atoms with Gasteiger partial charge in [0.2, 0.25) is 21.7 Å².